The molecule has 1 spiro atoms. The molecule has 2 saturated carbocycles. The van der Waals surface area contributed by atoms with Crippen molar-refractivity contribution < 1.29 is 9.47 Å². The lowest BCUT2D eigenvalue weighted by Gasteiger charge is -2.44. The van der Waals surface area contributed by atoms with E-state index in [1.54, 1.807) is 0 Å². The van der Waals surface area contributed by atoms with Crippen LogP contribution in [0.25, 0.3) is 0 Å². The Morgan fingerprint density at radius 1 is 0.420 bits per heavy atom. The SMILES string of the molecule is CCCCC/C=C\C/C=C\CCCCCCCCC1(CCCCCCCC/C=C\C/C=C\CCCCC)CCC2(CC1)O[C@H]1CCCC[C@H]1O2. The number of unbranched alkanes of at least 4 members (excludes halogenated alkanes) is 18. The number of rotatable bonds is 30. The van der Waals surface area contributed by atoms with Crippen molar-refractivity contribution >= 4 is 0 Å². The maximum atomic E-state index is 6.72. The summed E-state index contributed by atoms with van der Waals surface area (Å²) >= 11 is 0. The summed E-state index contributed by atoms with van der Waals surface area (Å²) in [6.45, 7) is 4.56. The van der Waals surface area contributed by atoms with Crippen molar-refractivity contribution in [2.24, 2.45) is 5.41 Å². The number of fused-ring (bicyclic) bond motifs is 1. The monoisotopic (exact) mass is 693 g/mol. The first kappa shape index (κ1) is 43.3. The van der Waals surface area contributed by atoms with Gasteiger partial charge in [0.25, 0.3) is 0 Å². The Hall–Kier alpha value is -1.12. The highest BCUT2D eigenvalue weighted by molar-refractivity contribution is 4.96. The van der Waals surface area contributed by atoms with Crippen LogP contribution in [0, 0.1) is 5.41 Å². The van der Waals surface area contributed by atoms with Gasteiger partial charge in [-0.2, -0.15) is 0 Å². The van der Waals surface area contributed by atoms with E-state index in [0.29, 0.717) is 17.6 Å². The van der Waals surface area contributed by atoms with E-state index in [0.717, 1.165) is 25.7 Å². The van der Waals surface area contributed by atoms with Crippen LogP contribution in [0.2, 0.25) is 0 Å². The molecular weight excluding hydrogens is 609 g/mol. The summed E-state index contributed by atoms with van der Waals surface area (Å²) in [5.74, 6) is -0.234. The minimum absolute atomic E-state index is 0.234. The molecule has 2 aliphatic carbocycles. The third-order valence-corrected chi connectivity index (χ3v) is 12.3. The molecule has 1 aliphatic heterocycles. The topological polar surface area (TPSA) is 18.5 Å². The van der Waals surface area contributed by atoms with Crippen molar-refractivity contribution in [3.05, 3.63) is 48.6 Å². The van der Waals surface area contributed by atoms with Gasteiger partial charge in [0, 0.05) is 12.8 Å². The lowest BCUT2D eigenvalue weighted by atomic mass is 9.66. The third-order valence-electron chi connectivity index (χ3n) is 12.3. The van der Waals surface area contributed by atoms with Crippen LogP contribution < -0.4 is 0 Å². The van der Waals surface area contributed by atoms with Crippen LogP contribution in [0.3, 0.4) is 0 Å². The van der Waals surface area contributed by atoms with E-state index in [2.05, 4.69) is 62.5 Å². The molecule has 3 rings (SSSR count). The zero-order valence-corrected chi connectivity index (χ0v) is 33.6. The van der Waals surface area contributed by atoms with E-state index in [9.17, 15) is 0 Å². The summed E-state index contributed by atoms with van der Waals surface area (Å²) in [6.07, 6.45) is 64.9. The number of allylic oxidation sites excluding steroid dienone is 8. The maximum absolute atomic E-state index is 6.72. The van der Waals surface area contributed by atoms with Gasteiger partial charge in [-0.25, -0.2) is 0 Å². The Morgan fingerprint density at radius 2 is 0.780 bits per heavy atom. The second-order valence-corrected chi connectivity index (χ2v) is 16.7. The van der Waals surface area contributed by atoms with Gasteiger partial charge in [-0.3, -0.25) is 0 Å². The molecule has 1 heterocycles. The van der Waals surface area contributed by atoms with Gasteiger partial charge in [0.15, 0.2) is 5.79 Å². The summed E-state index contributed by atoms with van der Waals surface area (Å²) < 4.78 is 13.4. The van der Waals surface area contributed by atoms with Crippen molar-refractivity contribution in [2.45, 2.75) is 250 Å². The van der Waals surface area contributed by atoms with Crippen LogP contribution in [0.15, 0.2) is 48.6 Å². The molecule has 0 aromatic rings. The molecule has 0 unspecified atom stereocenters. The van der Waals surface area contributed by atoms with E-state index in [-0.39, 0.29) is 5.79 Å². The highest BCUT2D eigenvalue weighted by Crippen LogP contribution is 2.53. The number of hydrogen-bond acceptors (Lipinski definition) is 2. The van der Waals surface area contributed by atoms with Crippen molar-refractivity contribution in [1.29, 1.82) is 0 Å². The van der Waals surface area contributed by atoms with Crippen LogP contribution in [-0.2, 0) is 9.47 Å². The molecule has 3 fully saturated rings. The van der Waals surface area contributed by atoms with Gasteiger partial charge in [-0.15, -0.1) is 0 Å². The highest BCUT2D eigenvalue weighted by atomic mass is 16.8. The summed E-state index contributed by atoms with van der Waals surface area (Å²) in [6, 6.07) is 0. The minimum atomic E-state index is -0.234. The Bertz CT molecular complexity index is 837. The zero-order valence-electron chi connectivity index (χ0n) is 33.6. The quantitative estimate of drug-likeness (QED) is 0.0551. The molecule has 2 nitrogen and oxygen atoms in total. The van der Waals surface area contributed by atoms with Crippen molar-refractivity contribution in [3.63, 3.8) is 0 Å². The Labute approximate surface area is 312 Å². The van der Waals surface area contributed by atoms with Crippen molar-refractivity contribution in [1.82, 2.24) is 0 Å². The molecule has 288 valence electrons. The van der Waals surface area contributed by atoms with Gasteiger partial charge in [-0.1, -0.05) is 165 Å². The molecule has 1 saturated heterocycles. The predicted molar refractivity (Wildman–Crippen MR) is 220 cm³/mol. The molecule has 2 heteroatoms. The Kier molecular flexibility index (Phi) is 24.6. The molecule has 0 bridgehead atoms. The molecular formula is C48H84O2. The maximum Gasteiger partial charge on any atom is 0.169 e. The van der Waals surface area contributed by atoms with Crippen LogP contribution in [0.5, 0.6) is 0 Å². The van der Waals surface area contributed by atoms with Gasteiger partial charge >= 0.3 is 0 Å². The summed E-state index contributed by atoms with van der Waals surface area (Å²) in [7, 11) is 0. The fourth-order valence-electron chi connectivity index (χ4n) is 8.91. The summed E-state index contributed by atoms with van der Waals surface area (Å²) in [5, 5.41) is 0. The summed E-state index contributed by atoms with van der Waals surface area (Å²) in [5.41, 5.74) is 0.538. The molecule has 0 amide bonds. The fraction of sp³-hybridized carbons (Fsp3) is 0.833. The van der Waals surface area contributed by atoms with E-state index in [1.165, 1.54) is 193 Å². The molecule has 50 heavy (non-hydrogen) atoms. The largest absolute Gasteiger partial charge is 0.344 e. The lowest BCUT2D eigenvalue weighted by Crippen LogP contribution is -2.40. The predicted octanol–water partition coefficient (Wildman–Crippen LogP) is 16.0. The summed E-state index contributed by atoms with van der Waals surface area (Å²) in [4.78, 5) is 0. The van der Waals surface area contributed by atoms with Gasteiger partial charge in [0.05, 0.1) is 12.2 Å². The lowest BCUT2D eigenvalue weighted by molar-refractivity contribution is -0.208. The first-order valence-electron chi connectivity index (χ1n) is 22.7. The number of hydrogen-bond donors (Lipinski definition) is 0. The van der Waals surface area contributed by atoms with Crippen LogP contribution in [-0.4, -0.2) is 18.0 Å². The molecule has 2 atom stereocenters. The van der Waals surface area contributed by atoms with Crippen molar-refractivity contribution in [2.75, 3.05) is 0 Å². The van der Waals surface area contributed by atoms with Gasteiger partial charge < -0.3 is 9.47 Å². The zero-order chi connectivity index (χ0) is 35.3. The van der Waals surface area contributed by atoms with Crippen LogP contribution >= 0.6 is 0 Å². The average molecular weight is 693 g/mol. The second-order valence-electron chi connectivity index (χ2n) is 16.7. The van der Waals surface area contributed by atoms with E-state index >= 15 is 0 Å². The highest BCUT2D eigenvalue weighted by Gasteiger charge is 2.52. The molecule has 0 radical (unpaired) electrons. The first-order valence-corrected chi connectivity index (χ1v) is 22.7. The van der Waals surface area contributed by atoms with Gasteiger partial charge in [-0.05, 0) is 108 Å². The van der Waals surface area contributed by atoms with E-state index in [4.69, 9.17) is 9.47 Å². The normalized spacial score (nSPS) is 21.9. The molecule has 0 aromatic heterocycles. The van der Waals surface area contributed by atoms with E-state index < -0.39 is 0 Å². The van der Waals surface area contributed by atoms with E-state index in [1.807, 2.05) is 0 Å². The van der Waals surface area contributed by atoms with Crippen LogP contribution in [0.4, 0.5) is 0 Å². The Morgan fingerprint density at radius 3 is 1.18 bits per heavy atom. The smallest absolute Gasteiger partial charge is 0.169 e. The molecule has 0 aromatic carbocycles. The van der Waals surface area contributed by atoms with Gasteiger partial charge in [0.1, 0.15) is 0 Å². The first-order chi connectivity index (χ1) is 24.7. The minimum Gasteiger partial charge on any atom is -0.344 e. The fourth-order valence-corrected chi connectivity index (χ4v) is 8.91. The second kappa shape index (κ2) is 28.4. The Balaban J connectivity index is 1.27. The number of ether oxygens (including phenoxy) is 2. The molecule has 0 N–H and O–H groups in total. The van der Waals surface area contributed by atoms with Crippen LogP contribution in [0.1, 0.15) is 232 Å². The molecule has 3 aliphatic rings. The van der Waals surface area contributed by atoms with Crippen molar-refractivity contribution in [3.8, 4) is 0 Å². The van der Waals surface area contributed by atoms with Gasteiger partial charge in [0.2, 0.25) is 0 Å². The average Bonchev–Trinajstić information content (AvgIpc) is 3.50. The standard InChI is InChI=1S/C48H84O2/c1-3-5-7-9-11-13-15-17-19-21-23-25-27-29-31-35-39-47(41-43-48(44-42-47)49-45-37-33-34-38-46(45)50-48)40-36-32-30-28-26-24-22-20-18-16-14-12-10-8-6-4-2/h11-14,17-20,45-46H,3-10,15-16,21-44H2,1-2H3/b13-11-,14-12-,19-17-,20-18-/t45-,46+. The third kappa shape index (κ3) is 19.1.